The zero-order chi connectivity index (χ0) is 18.5. The Balaban J connectivity index is 1.49. The zero-order valence-corrected chi connectivity index (χ0v) is 15.9. The fourth-order valence-electron chi connectivity index (χ4n) is 4.04. The molecule has 1 N–H and O–H groups in total. The van der Waals surface area contributed by atoms with Crippen LogP contribution in [0.2, 0.25) is 0 Å². The van der Waals surface area contributed by atoms with Gasteiger partial charge in [-0.3, -0.25) is 9.59 Å². The molecule has 5 nitrogen and oxygen atoms in total. The Hall–Kier alpha value is -1.88. The minimum Gasteiger partial charge on any atom is -0.372 e. The Kier molecular flexibility index (Phi) is 6.30. The van der Waals surface area contributed by atoms with Gasteiger partial charge in [-0.15, -0.1) is 0 Å². The largest absolute Gasteiger partial charge is 0.372 e. The maximum Gasteiger partial charge on any atom is 0.254 e. The van der Waals surface area contributed by atoms with Crippen molar-refractivity contribution in [3.05, 3.63) is 35.4 Å². The van der Waals surface area contributed by atoms with Crippen LogP contribution >= 0.6 is 0 Å². The molecular formula is C21H30N2O3. The van der Waals surface area contributed by atoms with Crippen molar-refractivity contribution in [3.63, 3.8) is 0 Å². The molecule has 1 saturated carbocycles. The summed E-state index contributed by atoms with van der Waals surface area (Å²) >= 11 is 0. The lowest BCUT2D eigenvalue weighted by Gasteiger charge is -2.35. The van der Waals surface area contributed by atoms with Crippen LogP contribution < -0.4 is 5.32 Å². The number of amides is 2. The van der Waals surface area contributed by atoms with Crippen molar-refractivity contribution >= 4 is 11.8 Å². The van der Waals surface area contributed by atoms with Gasteiger partial charge in [0.05, 0.1) is 12.2 Å². The van der Waals surface area contributed by atoms with Gasteiger partial charge >= 0.3 is 0 Å². The van der Waals surface area contributed by atoms with Crippen LogP contribution in [0.15, 0.2) is 24.3 Å². The predicted molar refractivity (Wildman–Crippen MR) is 101 cm³/mol. The number of nitrogens with one attached hydrogen (secondary N) is 1. The van der Waals surface area contributed by atoms with Crippen molar-refractivity contribution in [2.45, 2.75) is 64.7 Å². The van der Waals surface area contributed by atoms with Gasteiger partial charge in [0.2, 0.25) is 5.91 Å². The van der Waals surface area contributed by atoms with Crippen molar-refractivity contribution in [2.75, 3.05) is 13.1 Å². The third-order valence-electron chi connectivity index (χ3n) is 5.35. The zero-order valence-electron chi connectivity index (χ0n) is 15.9. The monoisotopic (exact) mass is 358 g/mol. The van der Waals surface area contributed by atoms with Crippen LogP contribution in [0.1, 0.15) is 61.9 Å². The number of carbonyl (C=O) groups is 2. The van der Waals surface area contributed by atoms with Crippen LogP contribution in [0.5, 0.6) is 0 Å². The van der Waals surface area contributed by atoms with Gasteiger partial charge in [0.1, 0.15) is 0 Å². The molecule has 2 unspecified atom stereocenters. The van der Waals surface area contributed by atoms with E-state index in [0.717, 1.165) is 5.56 Å². The van der Waals surface area contributed by atoms with E-state index in [2.05, 4.69) is 5.32 Å². The Bertz CT molecular complexity index is 613. The maximum atomic E-state index is 12.7. The standard InChI is InChI=1S/C21H30N2O3/c1-15-13-23(14-16(2)26-15)21(25)19-9-7-18(8-10-19)12-22-20(24)11-17-5-3-4-6-17/h7-10,15-17H,3-6,11-14H2,1-2H3,(H,22,24). The quantitative estimate of drug-likeness (QED) is 0.880. The van der Waals surface area contributed by atoms with Crippen molar-refractivity contribution in [1.82, 2.24) is 10.2 Å². The summed E-state index contributed by atoms with van der Waals surface area (Å²) in [4.78, 5) is 26.6. The van der Waals surface area contributed by atoms with Gasteiger partial charge in [-0.2, -0.15) is 0 Å². The molecule has 0 radical (unpaired) electrons. The molecule has 1 aromatic rings. The average molecular weight is 358 g/mol. The summed E-state index contributed by atoms with van der Waals surface area (Å²) in [6, 6.07) is 7.56. The first-order chi connectivity index (χ1) is 12.5. The Morgan fingerprint density at radius 3 is 2.31 bits per heavy atom. The minimum atomic E-state index is 0.0452. The van der Waals surface area contributed by atoms with Crippen molar-refractivity contribution in [3.8, 4) is 0 Å². The van der Waals surface area contributed by atoms with E-state index in [4.69, 9.17) is 4.74 Å². The first-order valence-corrected chi connectivity index (χ1v) is 9.81. The molecule has 1 aliphatic carbocycles. The number of hydrogen-bond donors (Lipinski definition) is 1. The molecule has 3 rings (SSSR count). The van der Waals surface area contributed by atoms with E-state index in [9.17, 15) is 9.59 Å². The molecule has 2 atom stereocenters. The highest BCUT2D eigenvalue weighted by Crippen LogP contribution is 2.27. The van der Waals surface area contributed by atoms with E-state index in [0.29, 0.717) is 37.5 Å². The van der Waals surface area contributed by atoms with Crippen molar-refractivity contribution in [2.24, 2.45) is 5.92 Å². The van der Waals surface area contributed by atoms with E-state index in [1.54, 1.807) is 0 Å². The first kappa shape index (κ1) is 18.9. The Morgan fingerprint density at radius 1 is 1.08 bits per heavy atom. The number of benzene rings is 1. The van der Waals surface area contributed by atoms with Gasteiger partial charge in [0.15, 0.2) is 0 Å². The van der Waals surface area contributed by atoms with Crippen LogP contribution in [0.4, 0.5) is 0 Å². The van der Waals surface area contributed by atoms with Crippen LogP contribution in [-0.2, 0) is 16.1 Å². The second-order valence-electron chi connectivity index (χ2n) is 7.80. The molecule has 1 aliphatic heterocycles. The SMILES string of the molecule is CC1CN(C(=O)c2ccc(CNC(=O)CC3CCCC3)cc2)CC(C)O1. The van der Waals surface area contributed by atoms with E-state index < -0.39 is 0 Å². The van der Waals surface area contributed by atoms with Gasteiger partial charge in [0.25, 0.3) is 5.91 Å². The third kappa shape index (κ3) is 5.07. The highest BCUT2D eigenvalue weighted by molar-refractivity contribution is 5.94. The predicted octanol–water partition coefficient (Wildman–Crippen LogP) is 3.13. The highest BCUT2D eigenvalue weighted by Gasteiger charge is 2.26. The lowest BCUT2D eigenvalue weighted by Crippen LogP contribution is -2.48. The summed E-state index contributed by atoms with van der Waals surface area (Å²) in [7, 11) is 0. The molecule has 0 bridgehead atoms. The molecule has 0 aromatic heterocycles. The summed E-state index contributed by atoms with van der Waals surface area (Å²) < 4.78 is 5.69. The van der Waals surface area contributed by atoms with Crippen LogP contribution in [0.3, 0.4) is 0 Å². The smallest absolute Gasteiger partial charge is 0.254 e. The summed E-state index contributed by atoms with van der Waals surface area (Å²) in [6.45, 7) is 5.76. The Labute approximate surface area is 156 Å². The minimum absolute atomic E-state index is 0.0452. The van der Waals surface area contributed by atoms with Crippen LogP contribution in [0, 0.1) is 5.92 Å². The lowest BCUT2D eigenvalue weighted by molar-refractivity contribution is -0.122. The summed E-state index contributed by atoms with van der Waals surface area (Å²) in [5.41, 5.74) is 1.71. The molecule has 2 amide bonds. The fourth-order valence-corrected chi connectivity index (χ4v) is 4.04. The molecule has 1 aromatic carbocycles. The van der Waals surface area contributed by atoms with E-state index in [1.807, 2.05) is 43.0 Å². The summed E-state index contributed by atoms with van der Waals surface area (Å²) in [5, 5.41) is 3.00. The average Bonchev–Trinajstić information content (AvgIpc) is 3.12. The Morgan fingerprint density at radius 2 is 1.69 bits per heavy atom. The lowest BCUT2D eigenvalue weighted by atomic mass is 10.0. The second kappa shape index (κ2) is 8.67. The van der Waals surface area contributed by atoms with Crippen molar-refractivity contribution < 1.29 is 14.3 Å². The van der Waals surface area contributed by atoms with E-state index >= 15 is 0 Å². The number of rotatable bonds is 5. The van der Waals surface area contributed by atoms with E-state index in [-0.39, 0.29) is 24.0 Å². The van der Waals surface area contributed by atoms with Gasteiger partial charge in [-0.1, -0.05) is 25.0 Å². The number of hydrogen-bond acceptors (Lipinski definition) is 3. The molecular weight excluding hydrogens is 328 g/mol. The second-order valence-corrected chi connectivity index (χ2v) is 7.80. The van der Waals surface area contributed by atoms with Crippen molar-refractivity contribution in [1.29, 1.82) is 0 Å². The van der Waals surface area contributed by atoms with Gasteiger partial charge in [-0.05, 0) is 50.3 Å². The number of morpholine rings is 1. The fraction of sp³-hybridized carbons (Fsp3) is 0.619. The molecule has 5 heteroatoms. The molecule has 2 aliphatic rings. The van der Waals surface area contributed by atoms with Crippen LogP contribution in [0.25, 0.3) is 0 Å². The number of carbonyl (C=O) groups excluding carboxylic acids is 2. The van der Waals surface area contributed by atoms with Gasteiger partial charge in [0, 0.05) is 31.6 Å². The number of nitrogens with zero attached hydrogens (tertiary/aromatic N) is 1. The van der Waals surface area contributed by atoms with Gasteiger partial charge in [-0.25, -0.2) is 0 Å². The van der Waals surface area contributed by atoms with Crippen LogP contribution in [-0.4, -0.2) is 42.0 Å². The molecule has 1 heterocycles. The third-order valence-corrected chi connectivity index (χ3v) is 5.35. The number of ether oxygens (including phenoxy) is 1. The molecule has 26 heavy (non-hydrogen) atoms. The highest BCUT2D eigenvalue weighted by atomic mass is 16.5. The van der Waals surface area contributed by atoms with Gasteiger partial charge < -0.3 is 15.0 Å². The maximum absolute atomic E-state index is 12.7. The summed E-state index contributed by atoms with van der Waals surface area (Å²) in [5.74, 6) is 0.741. The molecule has 0 spiro atoms. The normalized spacial score (nSPS) is 23.8. The molecule has 1 saturated heterocycles. The first-order valence-electron chi connectivity index (χ1n) is 9.81. The topological polar surface area (TPSA) is 58.6 Å². The molecule has 142 valence electrons. The summed E-state index contributed by atoms with van der Waals surface area (Å²) in [6.07, 6.45) is 5.66. The van der Waals surface area contributed by atoms with E-state index in [1.165, 1.54) is 25.7 Å². The molecule has 2 fully saturated rings.